The average Bonchev–Trinajstić information content (AvgIpc) is 3.16. The number of aliphatic hydroxyl groups is 2. The van der Waals surface area contributed by atoms with Crippen molar-refractivity contribution in [2.45, 2.75) is 95.0 Å². The second kappa shape index (κ2) is 11.5. The number of pyridine rings is 1. The maximum absolute atomic E-state index is 14.3. The van der Waals surface area contributed by atoms with Gasteiger partial charge in [-0.25, -0.2) is 9.37 Å². The van der Waals surface area contributed by atoms with Gasteiger partial charge in [0.2, 0.25) is 10.2 Å². The second-order valence-corrected chi connectivity index (χ2v) is 12.4. The summed E-state index contributed by atoms with van der Waals surface area (Å²) in [5, 5.41) is 19.5. The Kier molecular flexibility index (Phi) is 9.39. The molecule has 1 aliphatic rings. The number of aromatic amines is 1. The van der Waals surface area contributed by atoms with Crippen LogP contribution in [0.15, 0.2) is 11.0 Å². The molecule has 0 saturated carbocycles. The lowest BCUT2D eigenvalue weighted by Gasteiger charge is -2.40. The molecule has 0 aliphatic carbocycles. The monoisotopic (exact) mass is 617 g/mol. The smallest absolute Gasteiger partial charge is 0.388 e. The van der Waals surface area contributed by atoms with E-state index in [0.29, 0.717) is 0 Å². The van der Waals surface area contributed by atoms with Gasteiger partial charge >= 0.3 is 13.8 Å². The van der Waals surface area contributed by atoms with Crippen LogP contribution in [0.3, 0.4) is 0 Å². The molecule has 0 bridgehead atoms. The van der Waals surface area contributed by atoms with Gasteiger partial charge < -0.3 is 29.6 Å². The lowest BCUT2D eigenvalue weighted by atomic mass is 9.88. The Morgan fingerprint density at radius 1 is 1.20 bits per heavy atom. The molecular weight excluding hydrogens is 585 g/mol. The predicted octanol–water partition coefficient (Wildman–Crippen LogP) is 4.15. The van der Waals surface area contributed by atoms with Gasteiger partial charge in [-0.05, 0) is 38.4 Å². The Morgan fingerprint density at radius 3 is 2.30 bits per heavy atom. The normalized spacial score (nSPS) is 25.2. The molecule has 1 fully saturated rings. The average molecular weight is 618 g/mol. The second-order valence-electron chi connectivity index (χ2n) is 9.82. The molecule has 226 valence electrons. The highest BCUT2D eigenvalue weighted by Gasteiger charge is 2.52. The minimum atomic E-state index is -5.20. The number of H-pyrrole nitrogens is 1. The van der Waals surface area contributed by atoms with E-state index in [1.807, 2.05) is 0 Å². The molecule has 17 heteroatoms. The van der Waals surface area contributed by atoms with Crippen LogP contribution in [0, 0.1) is 10.6 Å². The molecular formula is C23H32F4N3O8PS. The number of fused-ring (bicyclic) bond motifs is 1. The van der Waals surface area contributed by atoms with Crippen molar-refractivity contribution in [2.24, 2.45) is 0 Å². The summed E-state index contributed by atoms with van der Waals surface area (Å²) >= 11 is 5.13. The largest absolute Gasteiger partial charge is 0.434 e. The first-order valence-electron chi connectivity index (χ1n) is 12.4. The molecule has 2 aromatic rings. The summed E-state index contributed by atoms with van der Waals surface area (Å²) in [5.74, 6) is -2.08. The summed E-state index contributed by atoms with van der Waals surface area (Å²) in [6, 6.07) is 0. The Hall–Kier alpha value is -1.78. The van der Waals surface area contributed by atoms with Crippen LogP contribution in [0.2, 0.25) is 0 Å². The molecule has 3 heterocycles. The number of methoxy groups -OCH3 is 1. The molecule has 4 N–H and O–H groups in total. The van der Waals surface area contributed by atoms with E-state index in [1.165, 1.54) is 14.0 Å². The van der Waals surface area contributed by atoms with Gasteiger partial charge in [-0.15, -0.1) is 0 Å². The summed E-state index contributed by atoms with van der Waals surface area (Å²) in [6.45, 7) is 6.49. The van der Waals surface area contributed by atoms with E-state index in [0.717, 1.165) is 10.8 Å². The predicted molar refractivity (Wildman–Crippen MR) is 137 cm³/mol. The van der Waals surface area contributed by atoms with Crippen LogP contribution in [0.4, 0.5) is 17.6 Å². The number of nitrogens with zero attached hydrogens (tertiary/aromatic N) is 2. The maximum Gasteiger partial charge on any atom is 0.434 e. The number of nitrogens with one attached hydrogen (secondary N) is 1. The first-order valence-corrected chi connectivity index (χ1v) is 14.4. The van der Waals surface area contributed by atoms with Crippen molar-refractivity contribution in [1.29, 1.82) is 0 Å². The third-order valence-corrected chi connectivity index (χ3v) is 10.3. The van der Waals surface area contributed by atoms with Crippen LogP contribution in [0.25, 0.3) is 11.0 Å². The Balaban J connectivity index is 1.99. The number of hydrogen-bond donors (Lipinski definition) is 4. The van der Waals surface area contributed by atoms with Gasteiger partial charge in [-0.2, -0.15) is 13.2 Å². The molecule has 3 rings (SSSR count). The molecule has 0 radical (unpaired) electrons. The van der Waals surface area contributed by atoms with Crippen molar-refractivity contribution in [3.05, 3.63) is 32.7 Å². The highest BCUT2D eigenvalue weighted by Crippen LogP contribution is 2.61. The summed E-state index contributed by atoms with van der Waals surface area (Å²) in [7, 11) is -3.12. The number of aliphatic hydroxyl groups excluding tert-OH is 2. The summed E-state index contributed by atoms with van der Waals surface area (Å²) in [4.78, 5) is 28.7. The number of rotatable bonds is 10. The molecule has 2 aromatic heterocycles. The lowest BCUT2D eigenvalue weighted by molar-refractivity contribution is -0.143. The van der Waals surface area contributed by atoms with Crippen LogP contribution in [-0.4, -0.2) is 66.0 Å². The third kappa shape index (κ3) is 5.77. The molecule has 6 atom stereocenters. The van der Waals surface area contributed by atoms with Gasteiger partial charge in [0, 0.05) is 19.7 Å². The number of aromatic nitrogens is 3. The third-order valence-electron chi connectivity index (χ3n) is 7.63. The highest BCUT2D eigenvalue weighted by atomic mass is 32.1. The molecule has 1 saturated heterocycles. The fraction of sp³-hybridized carbons (Fsp3) is 0.696. The van der Waals surface area contributed by atoms with Crippen molar-refractivity contribution >= 4 is 30.8 Å². The van der Waals surface area contributed by atoms with Crippen LogP contribution in [0.5, 0.6) is 0 Å². The van der Waals surface area contributed by atoms with E-state index in [1.54, 1.807) is 25.8 Å². The first kappa shape index (κ1) is 32.7. The van der Waals surface area contributed by atoms with Gasteiger partial charge in [0.25, 0.3) is 0 Å². The van der Waals surface area contributed by atoms with Crippen molar-refractivity contribution in [3.63, 3.8) is 0 Å². The van der Waals surface area contributed by atoms with Crippen LogP contribution in [0.1, 0.15) is 65.3 Å². The summed E-state index contributed by atoms with van der Waals surface area (Å²) < 4.78 is 84.3. The van der Waals surface area contributed by atoms with Crippen molar-refractivity contribution in [2.75, 3.05) is 7.11 Å². The van der Waals surface area contributed by atoms with E-state index >= 15 is 0 Å². The van der Waals surface area contributed by atoms with Gasteiger partial charge in [0.05, 0.1) is 17.1 Å². The summed E-state index contributed by atoms with van der Waals surface area (Å²) in [6.07, 6.45) is -9.84. The number of hydrogen-bond acceptors (Lipinski definition) is 9. The van der Waals surface area contributed by atoms with E-state index in [2.05, 4.69) is 4.98 Å². The van der Waals surface area contributed by atoms with E-state index < -0.39 is 82.0 Å². The molecule has 40 heavy (non-hydrogen) atoms. The van der Waals surface area contributed by atoms with Crippen LogP contribution in [-0.2, 0) is 24.7 Å². The molecule has 0 aromatic carbocycles. The minimum Gasteiger partial charge on any atom is -0.388 e. The SMILES string of the molecule is CCC(CC)(CC1OC(n2cc3c(=O)c(F)c(C(F)(F)F)[nH]c3nc2=S)C(O)C1O)OP(=O)(O)C(C)(CC)OC. The minimum absolute atomic E-state index is 0.154. The van der Waals surface area contributed by atoms with Gasteiger partial charge in [0.1, 0.15) is 17.9 Å². The summed E-state index contributed by atoms with van der Waals surface area (Å²) in [5.41, 5.74) is -5.47. The first-order chi connectivity index (χ1) is 18.4. The molecule has 1 aliphatic heterocycles. The molecule has 0 spiro atoms. The maximum atomic E-state index is 14.3. The standard InChI is InChI=1S/C23H32F4N3O8PS/c1-6-21(4,36-5)39(34,35)38-22(7-2,8-3)9-12-15(32)16(33)19(37-12)30-10-11-14(31)13(24)17(23(25,26)27)28-18(11)29-20(30)40/h10,12,15-16,19,32-33H,6-9H2,1-5H3,(H,34,35)(H,28,29,40). The Bertz CT molecular complexity index is 1410. The van der Waals surface area contributed by atoms with Gasteiger partial charge in [-0.3, -0.25) is 18.5 Å². The molecule has 6 unspecified atom stereocenters. The lowest BCUT2D eigenvalue weighted by Crippen LogP contribution is -2.42. The Morgan fingerprint density at radius 2 is 1.80 bits per heavy atom. The van der Waals surface area contributed by atoms with E-state index in [9.17, 15) is 42.0 Å². The molecule has 11 nitrogen and oxygen atoms in total. The van der Waals surface area contributed by atoms with Crippen molar-refractivity contribution < 1.29 is 51.2 Å². The van der Waals surface area contributed by atoms with Gasteiger partial charge in [0.15, 0.2) is 23.1 Å². The van der Waals surface area contributed by atoms with E-state index in [4.69, 9.17) is 26.2 Å². The highest BCUT2D eigenvalue weighted by molar-refractivity contribution is 7.71. The fourth-order valence-electron chi connectivity index (χ4n) is 4.53. The van der Waals surface area contributed by atoms with Crippen molar-refractivity contribution in [3.8, 4) is 0 Å². The van der Waals surface area contributed by atoms with Crippen molar-refractivity contribution in [1.82, 2.24) is 14.5 Å². The number of alkyl halides is 3. The van der Waals surface area contributed by atoms with Crippen LogP contribution >= 0.6 is 19.8 Å². The zero-order chi connectivity index (χ0) is 30.4. The number of ether oxygens (including phenoxy) is 2. The number of halogens is 4. The van der Waals surface area contributed by atoms with Gasteiger partial charge in [-0.1, -0.05) is 20.8 Å². The Labute approximate surface area is 231 Å². The quantitative estimate of drug-likeness (QED) is 0.174. The zero-order valence-electron chi connectivity index (χ0n) is 22.4. The molecule has 0 amide bonds. The van der Waals surface area contributed by atoms with E-state index in [-0.39, 0.29) is 25.7 Å². The zero-order valence-corrected chi connectivity index (χ0v) is 24.1. The topological polar surface area (TPSA) is 156 Å². The fourth-order valence-corrected chi connectivity index (χ4v) is 6.46. The van der Waals surface area contributed by atoms with Crippen LogP contribution < -0.4 is 5.43 Å².